The van der Waals surface area contributed by atoms with E-state index in [4.69, 9.17) is 0 Å². The Balaban J connectivity index is 1.42. The van der Waals surface area contributed by atoms with E-state index < -0.39 is 11.6 Å². The fraction of sp³-hybridized carbons (Fsp3) is 0.579. The van der Waals surface area contributed by atoms with E-state index in [0.717, 1.165) is 32.0 Å². The molecule has 28 heavy (non-hydrogen) atoms. The van der Waals surface area contributed by atoms with Gasteiger partial charge in [0.05, 0.1) is 12.6 Å². The lowest BCUT2D eigenvalue weighted by molar-refractivity contribution is -0.136. The molecular weight excluding hydrogens is 366 g/mol. The second-order valence-electron chi connectivity index (χ2n) is 8.03. The number of fused-ring (bicyclic) bond motifs is 2. The van der Waals surface area contributed by atoms with Crippen LogP contribution in [0.3, 0.4) is 0 Å². The molecule has 0 spiro atoms. The van der Waals surface area contributed by atoms with Gasteiger partial charge >= 0.3 is 0 Å². The van der Waals surface area contributed by atoms with E-state index in [9.17, 15) is 13.6 Å². The number of hydrogen-bond acceptors (Lipinski definition) is 5. The maximum Gasteiger partial charge on any atom is 0.224 e. The van der Waals surface area contributed by atoms with Crippen LogP contribution in [0.2, 0.25) is 0 Å². The third-order valence-corrected chi connectivity index (χ3v) is 6.57. The molecule has 5 heterocycles. The zero-order valence-electron chi connectivity index (χ0n) is 15.4. The maximum atomic E-state index is 13.9. The van der Waals surface area contributed by atoms with Crippen molar-refractivity contribution in [2.24, 2.45) is 5.92 Å². The van der Waals surface area contributed by atoms with Crippen molar-refractivity contribution in [1.29, 1.82) is 0 Å². The van der Waals surface area contributed by atoms with E-state index in [1.54, 1.807) is 4.68 Å². The first-order valence-corrected chi connectivity index (χ1v) is 9.80. The Kier molecular flexibility index (Phi) is 4.34. The quantitative estimate of drug-likeness (QED) is 0.793. The number of likely N-dealkylation sites (tertiary alicyclic amines) is 1. The van der Waals surface area contributed by atoms with Crippen molar-refractivity contribution >= 4 is 5.91 Å². The van der Waals surface area contributed by atoms with Gasteiger partial charge in [-0.25, -0.2) is 13.5 Å². The average molecular weight is 388 g/mol. The number of benzene rings is 1. The highest BCUT2D eigenvalue weighted by atomic mass is 19.1. The summed E-state index contributed by atoms with van der Waals surface area (Å²) in [6.45, 7) is 2.91. The molecular formula is C19H22F2N6O. The summed E-state index contributed by atoms with van der Waals surface area (Å²) in [5.41, 5.74) is 0.649. The summed E-state index contributed by atoms with van der Waals surface area (Å²) in [6.07, 6.45) is 3.95. The Morgan fingerprint density at radius 2 is 1.86 bits per heavy atom. The van der Waals surface area contributed by atoms with Gasteiger partial charge in [-0.15, -0.1) is 5.10 Å². The van der Waals surface area contributed by atoms with Crippen LogP contribution < -0.4 is 0 Å². The van der Waals surface area contributed by atoms with E-state index in [2.05, 4.69) is 20.4 Å². The zero-order chi connectivity index (χ0) is 19.3. The van der Waals surface area contributed by atoms with Gasteiger partial charge in [-0.2, -0.15) is 0 Å². The van der Waals surface area contributed by atoms with Crippen molar-refractivity contribution in [3.8, 4) is 0 Å². The summed E-state index contributed by atoms with van der Waals surface area (Å²) in [5, 5.41) is 11.0. The first-order chi connectivity index (χ1) is 13.6. The summed E-state index contributed by atoms with van der Waals surface area (Å²) in [7, 11) is 0. The van der Waals surface area contributed by atoms with Gasteiger partial charge in [0, 0.05) is 31.0 Å². The second kappa shape index (κ2) is 6.88. The van der Waals surface area contributed by atoms with Crippen LogP contribution in [0.25, 0.3) is 0 Å². The monoisotopic (exact) mass is 388 g/mol. The van der Waals surface area contributed by atoms with Gasteiger partial charge < -0.3 is 4.90 Å². The van der Waals surface area contributed by atoms with Gasteiger partial charge in [0.25, 0.3) is 0 Å². The summed E-state index contributed by atoms with van der Waals surface area (Å²) in [4.78, 5) is 17.4. The average Bonchev–Trinajstić information content (AvgIpc) is 3.35. The number of carbonyl (C=O) groups is 1. The van der Waals surface area contributed by atoms with Crippen LogP contribution in [0.1, 0.15) is 30.7 Å². The van der Waals surface area contributed by atoms with Crippen LogP contribution in [0, 0.1) is 17.6 Å². The molecule has 0 saturated carbocycles. The number of aryl methyl sites for hydroxylation is 1. The van der Waals surface area contributed by atoms with Gasteiger partial charge in [-0.1, -0.05) is 0 Å². The van der Waals surface area contributed by atoms with Crippen LogP contribution in [-0.4, -0.2) is 67.6 Å². The molecule has 6 rings (SSSR count). The molecule has 1 aromatic carbocycles. The van der Waals surface area contributed by atoms with Crippen LogP contribution in [0.15, 0.2) is 24.5 Å². The number of nitrogens with zero attached hydrogens (tertiary/aromatic N) is 6. The number of tetrazole rings is 1. The number of piperidine rings is 3. The molecule has 3 atom stereocenters. The summed E-state index contributed by atoms with van der Waals surface area (Å²) in [6, 6.07) is 3.98. The lowest BCUT2D eigenvalue weighted by Crippen LogP contribution is -2.60. The standard InChI is InChI=1S/C19H22F2N6O/c20-14-7-13(8-15(21)9-14)16-10-27(17(28)3-6-26-11-22-23-24-26)18-12-1-4-25(5-2-12)19(16)18/h7-9,11-12,16,18-19H,1-6,10H2/t16-,18+,19+/m0/s1. The predicted molar refractivity (Wildman–Crippen MR) is 95.1 cm³/mol. The first kappa shape index (κ1) is 17.7. The van der Waals surface area contributed by atoms with Crippen LogP contribution in [-0.2, 0) is 11.3 Å². The topological polar surface area (TPSA) is 67.2 Å². The lowest BCUT2D eigenvalue weighted by Gasteiger charge is -2.51. The Bertz CT molecular complexity index is 847. The number of rotatable bonds is 4. The van der Waals surface area contributed by atoms with Crippen LogP contribution in [0.5, 0.6) is 0 Å². The molecule has 0 unspecified atom stereocenters. The Morgan fingerprint density at radius 1 is 1.11 bits per heavy atom. The minimum atomic E-state index is -0.564. The SMILES string of the molecule is O=C(CCn1cnnn1)N1C[C@@H](c2cc(F)cc(F)c2)[C@@H]2[C@H]1C1CCN2CC1. The molecule has 148 valence electrons. The van der Waals surface area contributed by atoms with Gasteiger partial charge in [0.2, 0.25) is 5.91 Å². The number of halogens is 2. The number of hydrogen-bond donors (Lipinski definition) is 0. The van der Waals surface area contributed by atoms with Crippen LogP contribution in [0.4, 0.5) is 8.78 Å². The highest BCUT2D eigenvalue weighted by Gasteiger charge is 2.54. The number of amides is 1. The minimum absolute atomic E-state index is 0.0543. The third kappa shape index (κ3) is 2.97. The van der Waals surface area contributed by atoms with Crippen molar-refractivity contribution in [2.45, 2.75) is 43.8 Å². The molecule has 4 saturated heterocycles. The molecule has 2 bridgehead atoms. The lowest BCUT2D eigenvalue weighted by atomic mass is 9.75. The van der Waals surface area contributed by atoms with E-state index in [0.29, 0.717) is 31.0 Å². The Hall–Kier alpha value is -2.42. The van der Waals surface area contributed by atoms with E-state index >= 15 is 0 Å². The molecule has 1 aromatic heterocycles. The van der Waals surface area contributed by atoms with Gasteiger partial charge in [0.1, 0.15) is 18.0 Å². The number of carbonyl (C=O) groups excluding carboxylic acids is 1. The van der Waals surface area contributed by atoms with Crippen molar-refractivity contribution in [3.63, 3.8) is 0 Å². The molecule has 4 aliphatic rings. The highest BCUT2D eigenvalue weighted by molar-refractivity contribution is 5.77. The minimum Gasteiger partial charge on any atom is -0.337 e. The molecule has 7 nitrogen and oxygen atoms in total. The van der Waals surface area contributed by atoms with Crippen molar-refractivity contribution in [1.82, 2.24) is 30.0 Å². The fourth-order valence-electron chi connectivity index (χ4n) is 5.42. The molecule has 1 amide bonds. The van der Waals surface area contributed by atoms with E-state index in [1.165, 1.54) is 18.5 Å². The van der Waals surface area contributed by atoms with Gasteiger partial charge in [-0.05, 0) is 60.0 Å². The smallest absolute Gasteiger partial charge is 0.224 e. The van der Waals surface area contributed by atoms with E-state index in [1.807, 2.05) is 4.90 Å². The molecule has 0 aliphatic carbocycles. The van der Waals surface area contributed by atoms with Crippen molar-refractivity contribution in [3.05, 3.63) is 41.7 Å². The molecule has 9 heteroatoms. The summed E-state index contributed by atoms with van der Waals surface area (Å²) in [5.74, 6) is -0.693. The van der Waals surface area contributed by atoms with Gasteiger partial charge in [0.15, 0.2) is 0 Å². The van der Waals surface area contributed by atoms with Gasteiger partial charge in [-0.3, -0.25) is 9.69 Å². The normalized spacial score (nSPS) is 31.2. The summed E-state index contributed by atoms with van der Waals surface area (Å²) < 4.78 is 29.3. The first-order valence-electron chi connectivity index (χ1n) is 9.80. The third-order valence-electron chi connectivity index (χ3n) is 6.57. The highest BCUT2D eigenvalue weighted by Crippen LogP contribution is 2.46. The van der Waals surface area contributed by atoms with Crippen molar-refractivity contribution < 1.29 is 13.6 Å². The zero-order valence-corrected chi connectivity index (χ0v) is 15.4. The predicted octanol–water partition coefficient (Wildman–Crippen LogP) is 1.43. The fourth-order valence-corrected chi connectivity index (χ4v) is 5.42. The van der Waals surface area contributed by atoms with Crippen molar-refractivity contribution in [2.75, 3.05) is 19.6 Å². The molecule has 0 radical (unpaired) electrons. The molecule has 0 N–H and O–H groups in total. The maximum absolute atomic E-state index is 13.9. The Labute approximate surface area is 161 Å². The second-order valence-corrected chi connectivity index (χ2v) is 8.03. The molecule has 2 aromatic rings. The number of aromatic nitrogens is 4. The Morgan fingerprint density at radius 3 is 2.54 bits per heavy atom. The molecule has 4 aliphatic heterocycles. The van der Waals surface area contributed by atoms with E-state index in [-0.39, 0.29) is 23.9 Å². The van der Waals surface area contributed by atoms with Crippen LogP contribution >= 0.6 is 0 Å². The largest absolute Gasteiger partial charge is 0.337 e. The molecule has 4 fully saturated rings. The summed E-state index contributed by atoms with van der Waals surface area (Å²) >= 11 is 0.